The number of carbonyl (C=O) groups is 1. The molecule has 0 saturated carbocycles. The van der Waals surface area contributed by atoms with Gasteiger partial charge < -0.3 is 13.9 Å². The molecule has 1 aliphatic heterocycles. The Labute approximate surface area is 184 Å². The van der Waals surface area contributed by atoms with Gasteiger partial charge >= 0.3 is 0 Å². The first-order chi connectivity index (χ1) is 15.2. The minimum atomic E-state index is -4.20. The lowest BCUT2D eigenvalue weighted by molar-refractivity contribution is 0.0697. The molecule has 1 saturated heterocycles. The lowest BCUT2D eigenvalue weighted by Crippen LogP contribution is -2.50. The molecule has 4 rings (SSSR count). The van der Waals surface area contributed by atoms with E-state index in [2.05, 4.69) is 0 Å². The monoisotopic (exact) mass is 463 g/mol. The summed E-state index contributed by atoms with van der Waals surface area (Å²) in [7, 11) is -4.20. The van der Waals surface area contributed by atoms with Crippen molar-refractivity contribution >= 4 is 15.9 Å². The maximum absolute atomic E-state index is 14.0. The van der Waals surface area contributed by atoms with Crippen molar-refractivity contribution in [3.05, 3.63) is 77.0 Å². The summed E-state index contributed by atoms with van der Waals surface area (Å²) < 4.78 is 61.5. The molecule has 10 heteroatoms. The second kappa shape index (κ2) is 8.51. The number of aryl methyl sites for hydroxylation is 1. The number of halogens is 2. The molecule has 1 amide bonds. The second-order valence-electron chi connectivity index (χ2n) is 7.72. The van der Waals surface area contributed by atoms with Crippen LogP contribution in [0.3, 0.4) is 0 Å². The number of piperazine rings is 1. The SMILES string of the molecule is Cc1cc(C(=O)N2CCN(S(=O)(=O)c3cc(F)ccc3F)CC2)c(C)n1Cc1ccco1. The Morgan fingerprint density at radius 1 is 1.06 bits per heavy atom. The minimum absolute atomic E-state index is 0.00480. The Morgan fingerprint density at radius 2 is 1.78 bits per heavy atom. The number of sulfonamides is 1. The fraction of sp³-hybridized carbons (Fsp3) is 0.318. The number of aromatic nitrogens is 1. The molecule has 3 heterocycles. The summed E-state index contributed by atoms with van der Waals surface area (Å²) in [5.41, 5.74) is 2.24. The van der Waals surface area contributed by atoms with E-state index in [1.807, 2.05) is 30.5 Å². The highest BCUT2D eigenvalue weighted by atomic mass is 32.2. The van der Waals surface area contributed by atoms with Gasteiger partial charge in [0.15, 0.2) is 0 Å². The quantitative estimate of drug-likeness (QED) is 0.583. The average Bonchev–Trinajstić information content (AvgIpc) is 3.39. The molecule has 32 heavy (non-hydrogen) atoms. The van der Waals surface area contributed by atoms with Crippen LogP contribution >= 0.6 is 0 Å². The third kappa shape index (κ3) is 4.07. The fourth-order valence-corrected chi connectivity index (χ4v) is 5.43. The van der Waals surface area contributed by atoms with Crippen molar-refractivity contribution in [1.82, 2.24) is 13.8 Å². The predicted octanol–water partition coefficient (Wildman–Crippen LogP) is 3.17. The van der Waals surface area contributed by atoms with Gasteiger partial charge in [0.2, 0.25) is 10.0 Å². The molecule has 2 aromatic heterocycles. The fourth-order valence-electron chi connectivity index (χ4n) is 3.94. The van der Waals surface area contributed by atoms with E-state index in [9.17, 15) is 22.0 Å². The zero-order valence-electron chi connectivity index (χ0n) is 17.7. The van der Waals surface area contributed by atoms with Crippen molar-refractivity contribution in [2.45, 2.75) is 25.3 Å². The molecule has 1 aromatic carbocycles. The summed E-state index contributed by atoms with van der Waals surface area (Å²) >= 11 is 0. The number of hydrogen-bond donors (Lipinski definition) is 0. The molecule has 0 N–H and O–H groups in total. The third-order valence-corrected chi connectivity index (χ3v) is 7.65. The van der Waals surface area contributed by atoms with Gasteiger partial charge in [0, 0.05) is 37.6 Å². The minimum Gasteiger partial charge on any atom is -0.467 e. The summed E-state index contributed by atoms with van der Waals surface area (Å²) in [5.74, 6) is -1.26. The van der Waals surface area contributed by atoms with E-state index in [0.717, 1.165) is 33.6 Å². The summed E-state index contributed by atoms with van der Waals surface area (Å²) in [6, 6.07) is 7.82. The number of hydrogen-bond acceptors (Lipinski definition) is 4. The molecule has 0 atom stereocenters. The lowest BCUT2D eigenvalue weighted by atomic mass is 10.2. The van der Waals surface area contributed by atoms with Gasteiger partial charge in [-0.2, -0.15) is 4.31 Å². The average molecular weight is 464 g/mol. The van der Waals surface area contributed by atoms with Crippen LogP contribution in [0.2, 0.25) is 0 Å². The van der Waals surface area contributed by atoms with Gasteiger partial charge in [-0.15, -0.1) is 0 Å². The molecule has 0 aliphatic carbocycles. The topological polar surface area (TPSA) is 75.8 Å². The molecule has 1 fully saturated rings. The molecule has 0 spiro atoms. The van der Waals surface area contributed by atoms with E-state index >= 15 is 0 Å². The van der Waals surface area contributed by atoms with Crippen LogP contribution in [0, 0.1) is 25.5 Å². The zero-order valence-corrected chi connectivity index (χ0v) is 18.5. The van der Waals surface area contributed by atoms with Gasteiger partial charge in [-0.05, 0) is 50.2 Å². The first-order valence-electron chi connectivity index (χ1n) is 10.1. The van der Waals surface area contributed by atoms with Crippen LogP contribution in [0.4, 0.5) is 8.78 Å². The van der Waals surface area contributed by atoms with E-state index in [1.165, 1.54) is 0 Å². The van der Waals surface area contributed by atoms with Crippen LogP contribution in [0.1, 0.15) is 27.5 Å². The van der Waals surface area contributed by atoms with E-state index in [0.29, 0.717) is 18.2 Å². The van der Waals surface area contributed by atoms with Crippen LogP contribution in [0.25, 0.3) is 0 Å². The maximum atomic E-state index is 14.0. The summed E-state index contributed by atoms with van der Waals surface area (Å²) in [5, 5.41) is 0. The van der Waals surface area contributed by atoms with Crippen LogP contribution in [-0.4, -0.2) is 54.3 Å². The molecule has 7 nitrogen and oxygen atoms in total. The van der Waals surface area contributed by atoms with Gasteiger partial charge in [-0.3, -0.25) is 4.79 Å². The van der Waals surface area contributed by atoms with Crippen molar-refractivity contribution in [3.8, 4) is 0 Å². The predicted molar refractivity (Wildman–Crippen MR) is 113 cm³/mol. The van der Waals surface area contributed by atoms with Gasteiger partial charge in [0.05, 0.1) is 18.4 Å². The number of amides is 1. The first kappa shape index (κ1) is 22.2. The summed E-state index contributed by atoms with van der Waals surface area (Å²) in [6.07, 6.45) is 1.60. The Hall–Kier alpha value is -2.98. The molecule has 170 valence electrons. The van der Waals surface area contributed by atoms with Crippen molar-refractivity contribution in [1.29, 1.82) is 0 Å². The zero-order chi connectivity index (χ0) is 23.0. The highest BCUT2D eigenvalue weighted by molar-refractivity contribution is 7.89. The van der Waals surface area contributed by atoms with E-state index < -0.39 is 26.6 Å². The van der Waals surface area contributed by atoms with Crippen molar-refractivity contribution in [3.63, 3.8) is 0 Å². The van der Waals surface area contributed by atoms with Crippen LogP contribution in [0.15, 0.2) is 52.0 Å². The van der Waals surface area contributed by atoms with Gasteiger partial charge in [-0.25, -0.2) is 17.2 Å². The molecule has 3 aromatic rings. The Balaban J connectivity index is 1.48. The lowest BCUT2D eigenvalue weighted by Gasteiger charge is -2.34. The van der Waals surface area contributed by atoms with E-state index in [1.54, 1.807) is 17.2 Å². The molecule has 0 radical (unpaired) electrons. The Bertz CT molecular complexity index is 1240. The van der Waals surface area contributed by atoms with E-state index in [-0.39, 0.29) is 32.1 Å². The second-order valence-corrected chi connectivity index (χ2v) is 9.63. The number of benzene rings is 1. The molecular weight excluding hydrogens is 440 g/mol. The largest absolute Gasteiger partial charge is 0.467 e. The molecule has 1 aliphatic rings. The van der Waals surface area contributed by atoms with Gasteiger partial charge in [0.25, 0.3) is 5.91 Å². The van der Waals surface area contributed by atoms with Crippen LogP contribution in [-0.2, 0) is 16.6 Å². The van der Waals surface area contributed by atoms with Crippen LogP contribution < -0.4 is 0 Å². The summed E-state index contributed by atoms with van der Waals surface area (Å²) in [4.78, 5) is 14.0. The summed E-state index contributed by atoms with van der Waals surface area (Å²) in [6.45, 7) is 4.56. The number of nitrogens with zero attached hydrogens (tertiary/aromatic N) is 3. The standard InChI is InChI=1S/C22H23F2N3O4S/c1-15-12-19(16(2)27(15)14-18-4-3-11-31-18)22(28)25-7-9-26(10-8-25)32(29,30)21-13-17(23)5-6-20(21)24/h3-6,11-13H,7-10,14H2,1-2H3. The molecular formula is C22H23F2N3O4S. The highest BCUT2D eigenvalue weighted by Crippen LogP contribution is 2.24. The van der Waals surface area contributed by atoms with Crippen LogP contribution in [0.5, 0.6) is 0 Å². The molecule has 0 unspecified atom stereocenters. The van der Waals surface area contributed by atoms with Gasteiger partial charge in [-0.1, -0.05) is 0 Å². The first-order valence-corrected chi connectivity index (χ1v) is 11.6. The van der Waals surface area contributed by atoms with Crippen molar-refractivity contribution in [2.75, 3.05) is 26.2 Å². The van der Waals surface area contributed by atoms with Crippen molar-refractivity contribution in [2.24, 2.45) is 0 Å². The smallest absolute Gasteiger partial charge is 0.255 e. The number of carbonyl (C=O) groups excluding carboxylic acids is 1. The Morgan fingerprint density at radius 3 is 2.44 bits per heavy atom. The third-order valence-electron chi connectivity index (χ3n) is 5.74. The normalized spacial score (nSPS) is 15.3. The van der Waals surface area contributed by atoms with Gasteiger partial charge in [0.1, 0.15) is 22.3 Å². The van der Waals surface area contributed by atoms with Crippen molar-refractivity contribution < 1.29 is 26.4 Å². The number of rotatable bonds is 5. The Kier molecular flexibility index (Phi) is 5.91. The number of furan rings is 1. The maximum Gasteiger partial charge on any atom is 0.255 e. The highest BCUT2D eigenvalue weighted by Gasteiger charge is 2.33. The van der Waals surface area contributed by atoms with E-state index in [4.69, 9.17) is 4.42 Å². The molecule has 0 bridgehead atoms.